The van der Waals surface area contributed by atoms with E-state index in [-0.39, 0.29) is 18.4 Å². The van der Waals surface area contributed by atoms with E-state index in [9.17, 15) is 9.59 Å². The number of aryl methyl sites for hydroxylation is 1. The predicted molar refractivity (Wildman–Crippen MR) is 61.2 cm³/mol. The molecule has 1 saturated heterocycles. The van der Waals surface area contributed by atoms with Crippen molar-refractivity contribution in [3.8, 4) is 0 Å². The SMILES string of the molecule is Cc1ccccc1N1CCC(=O)NCC1=O. The number of carbonyl (C=O) groups excluding carboxylic acids is 2. The monoisotopic (exact) mass is 218 g/mol. The van der Waals surface area contributed by atoms with E-state index in [0.29, 0.717) is 13.0 Å². The van der Waals surface area contributed by atoms with E-state index in [2.05, 4.69) is 5.32 Å². The number of nitrogens with zero attached hydrogens (tertiary/aromatic N) is 1. The van der Waals surface area contributed by atoms with Gasteiger partial charge in [0.2, 0.25) is 11.8 Å². The minimum atomic E-state index is -0.0653. The van der Waals surface area contributed by atoms with Crippen molar-refractivity contribution < 1.29 is 9.59 Å². The molecule has 16 heavy (non-hydrogen) atoms. The normalized spacial score (nSPS) is 16.9. The average Bonchev–Trinajstić information content (AvgIpc) is 2.43. The fraction of sp³-hybridized carbons (Fsp3) is 0.333. The van der Waals surface area contributed by atoms with Crippen molar-refractivity contribution in [1.29, 1.82) is 0 Å². The number of anilines is 1. The lowest BCUT2D eigenvalue weighted by Crippen LogP contribution is -2.35. The van der Waals surface area contributed by atoms with Crippen LogP contribution in [0.5, 0.6) is 0 Å². The number of carbonyl (C=O) groups is 2. The van der Waals surface area contributed by atoms with E-state index in [1.54, 1.807) is 4.90 Å². The van der Waals surface area contributed by atoms with Crippen LogP contribution in [0, 0.1) is 6.92 Å². The number of nitrogens with one attached hydrogen (secondary N) is 1. The Morgan fingerprint density at radius 1 is 1.25 bits per heavy atom. The molecule has 0 atom stereocenters. The molecule has 1 fully saturated rings. The highest BCUT2D eigenvalue weighted by atomic mass is 16.2. The number of amides is 2. The summed E-state index contributed by atoms with van der Waals surface area (Å²) in [6.45, 7) is 2.51. The molecular weight excluding hydrogens is 204 g/mol. The molecule has 0 aromatic heterocycles. The van der Waals surface area contributed by atoms with E-state index in [0.717, 1.165) is 11.3 Å². The minimum Gasteiger partial charge on any atom is -0.347 e. The Labute approximate surface area is 94.2 Å². The molecule has 0 aliphatic carbocycles. The van der Waals surface area contributed by atoms with Gasteiger partial charge in [-0.2, -0.15) is 0 Å². The van der Waals surface area contributed by atoms with Gasteiger partial charge in [0.1, 0.15) is 0 Å². The molecule has 2 amide bonds. The van der Waals surface area contributed by atoms with Crippen LogP contribution >= 0.6 is 0 Å². The summed E-state index contributed by atoms with van der Waals surface area (Å²) in [5.74, 6) is -0.121. The van der Waals surface area contributed by atoms with Crippen molar-refractivity contribution in [3.05, 3.63) is 29.8 Å². The third kappa shape index (κ3) is 2.05. The van der Waals surface area contributed by atoms with Crippen molar-refractivity contribution in [3.63, 3.8) is 0 Å². The summed E-state index contributed by atoms with van der Waals surface area (Å²) < 4.78 is 0. The molecule has 2 rings (SSSR count). The highest BCUT2D eigenvalue weighted by Crippen LogP contribution is 2.20. The zero-order valence-electron chi connectivity index (χ0n) is 9.19. The summed E-state index contributed by atoms with van der Waals surface area (Å²) in [6, 6.07) is 7.70. The summed E-state index contributed by atoms with van der Waals surface area (Å²) in [5, 5.41) is 2.58. The zero-order chi connectivity index (χ0) is 11.5. The molecule has 0 spiro atoms. The number of para-hydroxylation sites is 1. The Hall–Kier alpha value is -1.84. The van der Waals surface area contributed by atoms with Crippen molar-refractivity contribution in [2.75, 3.05) is 18.0 Å². The maximum Gasteiger partial charge on any atom is 0.246 e. The fourth-order valence-corrected chi connectivity index (χ4v) is 1.82. The first-order valence-electron chi connectivity index (χ1n) is 5.31. The molecule has 0 bridgehead atoms. The molecule has 1 aliphatic rings. The summed E-state index contributed by atoms with van der Waals surface area (Å²) in [4.78, 5) is 24.7. The van der Waals surface area contributed by atoms with Gasteiger partial charge in [-0.1, -0.05) is 18.2 Å². The van der Waals surface area contributed by atoms with Gasteiger partial charge in [0.25, 0.3) is 0 Å². The Kier molecular flexibility index (Phi) is 2.90. The van der Waals surface area contributed by atoms with E-state index >= 15 is 0 Å². The smallest absolute Gasteiger partial charge is 0.246 e. The first-order valence-corrected chi connectivity index (χ1v) is 5.31. The van der Waals surface area contributed by atoms with Gasteiger partial charge in [0.05, 0.1) is 6.54 Å². The van der Waals surface area contributed by atoms with E-state index in [1.165, 1.54) is 0 Å². The third-order valence-electron chi connectivity index (χ3n) is 2.71. The summed E-state index contributed by atoms with van der Waals surface area (Å²) >= 11 is 0. The topological polar surface area (TPSA) is 49.4 Å². The molecule has 4 heteroatoms. The Bertz CT molecular complexity index is 429. The summed E-state index contributed by atoms with van der Waals surface area (Å²) in [5.41, 5.74) is 1.94. The van der Waals surface area contributed by atoms with Crippen LogP contribution in [0.25, 0.3) is 0 Å². The molecule has 84 valence electrons. The lowest BCUT2D eigenvalue weighted by molar-refractivity contribution is -0.123. The lowest BCUT2D eigenvalue weighted by atomic mass is 10.1. The first kappa shape index (κ1) is 10.7. The predicted octanol–water partition coefficient (Wildman–Crippen LogP) is 0.848. The van der Waals surface area contributed by atoms with Crippen molar-refractivity contribution in [2.24, 2.45) is 0 Å². The molecule has 0 saturated carbocycles. The van der Waals surface area contributed by atoms with Gasteiger partial charge in [-0.15, -0.1) is 0 Å². The van der Waals surface area contributed by atoms with Crippen LogP contribution in [0.2, 0.25) is 0 Å². The van der Waals surface area contributed by atoms with Crippen LogP contribution in [0.3, 0.4) is 0 Å². The highest BCUT2D eigenvalue weighted by Gasteiger charge is 2.21. The molecule has 1 aromatic carbocycles. The largest absolute Gasteiger partial charge is 0.347 e. The lowest BCUT2D eigenvalue weighted by Gasteiger charge is -2.21. The molecule has 1 aromatic rings. The van der Waals surface area contributed by atoms with Crippen LogP contribution < -0.4 is 10.2 Å². The van der Waals surface area contributed by atoms with E-state index < -0.39 is 0 Å². The van der Waals surface area contributed by atoms with Gasteiger partial charge >= 0.3 is 0 Å². The molecule has 1 heterocycles. The van der Waals surface area contributed by atoms with Gasteiger partial charge in [0, 0.05) is 18.7 Å². The van der Waals surface area contributed by atoms with Gasteiger partial charge in [-0.3, -0.25) is 9.59 Å². The average molecular weight is 218 g/mol. The zero-order valence-corrected chi connectivity index (χ0v) is 9.19. The second-order valence-corrected chi connectivity index (χ2v) is 3.86. The highest BCUT2D eigenvalue weighted by molar-refractivity contribution is 5.99. The van der Waals surface area contributed by atoms with Crippen molar-refractivity contribution in [1.82, 2.24) is 5.32 Å². The molecule has 0 radical (unpaired) electrons. The number of hydrogen-bond acceptors (Lipinski definition) is 2. The van der Waals surface area contributed by atoms with Crippen LogP contribution in [-0.2, 0) is 9.59 Å². The molecule has 1 N–H and O–H groups in total. The Morgan fingerprint density at radius 2 is 2.00 bits per heavy atom. The van der Waals surface area contributed by atoms with Crippen molar-refractivity contribution in [2.45, 2.75) is 13.3 Å². The Balaban J connectivity index is 2.29. The van der Waals surface area contributed by atoms with E-state index in [4.69, 9.17) is 0 Å². The van der Waals surface area contributed by atoms with Crippen molar-refractivity contribution >= 4 is 17.5 Å². The van der Waals surface area contributed by atoms with Gasteiger partial charge in [-0.25, -0.2) is 0 Å². The molecule has 1 aliphatic heterocycles. The van der Waals surface area contributed by atoms with Crippen LogP contribution in [-0.4, -0.2) is 24.9 Å². The Morgan fingerprint density at radius 3 is 2.75 bits per heavy atom. The molecule has 0 unspecified atom stereocenters. The van der Waals surface area contributed by atoms with E-state index in [1.807, 2.05) is 31.2 Å². The fourth-order valence-electron chi connectivity index (χ4n) is 1.82. The first-order chi connectivity index (χ1) is 7.68. The van der Waals surface area contributed by atoms with Crippen LogP contribution in [0.1, 0.15) is 12.0 Å². The molecule has 4 nitrogen and oxygen atoms in total. The van der Waals surface area contributed by atoms with Gasteiger partial charge in [0.15, 0.2) is 0 Å². The van der Waals surface area contributed by atoms with Crippen LogP contribution in [0.15, 0.2) is 24.3 Å². The second kappa shape index (κ2) is 4.35. The number of hydrogen-bond donors (Lipinski definition) is 1. The maximum absolute atomic E-state index is 11.8. The standard InChI is InChI=1S/C12H14N2O2/c1-9-4-2-3-5-10(9)14-7-6-11(15)13-8-12(14)16/h2-5H,6-8H2,1H3,(H,13,15). The minimum absolute atomic E-state index is 0.0554. The maximum atomic E-state index is 11.8. The van der Waals surface area contributed by atoms with Gasteiger partial charge in [-0.05, 0) is 18.6 Å². The quantitative estimate of drug-likeness (QED) is 0.759. The number of rotatable bonds is 1. The summed E-state index contributed by atoms with van der Waals surface area (Å²) in [6.07, 6.45) is 0.361. The number of benzene rings is 1. The summed E-state index contributed by atoms with van der Waals surface area (Å²) in [7, 11) is 0. The third-order valence-corrected chi connectivity index (χ3v) is 2.71. The second-order valence-electron chi connectivity index (χ2n) is 3.86. The van der Waals surface area contributed by atoms with Crippen LogP contribution in [0.4, 0.5) is 5.69 Å². The van der Waals surface area contributed by atoms with Gasteiger partial charge < -0.3 is 10.2 Å². The molecular formula is C12H14N2O2.